The van der Waals surface area contributed by atoms with Gasteiger partial charge < -0.3 is 5.32 Å². The van der Waals surface area contributed by atoms with Crippen molar-refractivity contribution >= 4 is 11.7 Å². The van der Waals surface area contributed by atoms with Gasteiger partial charge in [0.15, 0.2) is 0 Å². The molecule has 0 atom stereocenters. The number of hydrogen-bond donors (Lipinski definition) is 1. The molecule has 0 aliphatic heterocycles. The summed E-state index contributed by atoms with van der Waals surface area (Å²) in [7, 11) is 0. The first-order chi connectivity index (χ1) is 7.72. The Balaban J connectivity index is 2.07. The first-order valence-electron chi connectivity index (χ1n) is 6.53. The molecule has 0 spiro atoms. The maximum atomic E-state index is 11.6. The first kappa shape index (κ1) is 13.2. The summed E-state index contributed by atoms with van der Waals surface area (Å²) in [6.45, 7) is 2.17. The molecule has 1 aliphatic rings. The number of Topliss-reactive ketones (excluding diaryl/α,β-unsaturated/α-hetero) is 1. The summed E-state index contributed by atoms with van der Waals surface area (Å²) >= 11 is 0. The lowest BCUT2D eigenvalue weighted by Crippen LogP contribution is -2.37. The standard InChI is InChI=1S/C13H23NO2/c1-2-3-4-5-6-13(16)14-11-7-9-12(15)10-8-11/h11H,2-10H2,1H3,(H,14,16). The molecule has 0 aromatic heterocycles. The van der Waals surface area contributed by atoms with Gasteiger partial charge in [-0.25, -0.2) is 0 Å². The second kappa shape index (κ2) is 7.42. The summed E-state index contributed by atoms with van der Waals surface area (Å²) < 4.78 is 0. The van der Waals surface area contributed by atoms with Crippen LogP contribution in [-0.4, -0.2) is 17.7 Å². The minimum Gasteiger partial charge on any atom is -0.353 e. The summed E-state index contributed by atoms with van der Waals surface area (Å²) in [5, 5.41) is 3.03. The molecule has 0 saturated heterocycles. The van der Waals surface area contributed by atoms with E-state index in [1.165, 1.54) is 12.8 Å². The van der Waals surface area contributed by atoms with Crippen molar-refractivity contribution in [1.29, 1.82) is 0 Å². The molecule has 0 unspecified atom stereocenters. The average molecular weight is 225 g/mol. The lowest BCUT2D eigenvalue weighted by atomic mass is 9.94. The van der Waals surface area contributed by atoms with Crippen LogP contribution in [0.3, 0.4) is 0 Å². The second-order valence-corrected chi connectivity index (χ2v) is 4.69. The molecule has 0 aromatic carbocycles. The predicted molar refractivity (Wildman–Crippen MR) is 64.2 cm³/mol. The van der Waals surface area contributed by atoms with E-state index in [1.807, 2.05) is 0 Å². The van der Waals surface area contributed by atoms with Gasteiger partial charge in [-0.05, 0) is 19.3 Å². The zero-order valence-corrected chi connectivity index (χ0v) is 10.3. The molecule has 0 radical (unpaired) electrons. The van der Waals surface area contributed by atoms with Gasteiger partial charge in [0, 0.05) is 25.3 Å². The van der Waals surface area contributed by atoms with Crippen molar-refractivity contribution in [3.63, 3.8) is 0 Å². The fourth-order valence-electron chi connectivity index (χ4n) is 2.10. The van der Waals surface area contributed by atoms with Crippen molar-refractivity contribution in [3.8, 4) is 0 Å². The van der Waals surface area contributed by atoms with E-state index in [-0.39, 0.29) is 11.9 Å². The van der Waals surface area contributed by atoms with E-state index in [0.29, 0.717) is 25.0 Å². The largest absolute Gasteiger partial charge is 0.353 e. The quantitative estimate of drug-likeness (QED) is 0.706. The third-order valence-corrected chi connectivity index (χ3v) is 3.17. The van der Waals surface area contributed by atoms with Crippen molar-refractivity contribution in [1.82, 2.24) is 5.32 Å². The molecule has 3 nitrogen and oxygen atoms in total. The van der Waals surface area contributed by atoms with Crippen LogP contribution in [0.2, 0.25) is 0 Å². The molecular weight excluding hydrogens is 202 g/mol. The number of carbonyl (C=O) groups excluding carboxylic acids is 2. The van der Waals surface area contributed by atoms with Gasteiger partial charge in [-0.2, -0.15) is 0 Å². The Morgan fingerprint density at radius 1 is 1.25 bits per heavy atom. The van der Waals surface area contributed by atoms with Crippen LogP contribution < -0.4 is 5.32 Å². The van der Waals surface area contributed by atoms with Crippen LogP contribution in [0.5, 0.6) is 0 Å². The molecule has 1 fully saturated rings. The van der Waals surface area contributed by atoms with Crippen molar-refractivity contribution in [2.75, 3.05) is 0 Å². The number of hydrogen-bond acceptors (Lipinski definition) is 2. The van der Waals surface area contributed by atoms with Gasteiger partial charge in [0.2, 0.25) is 5.91 Å². The van der Waals surface area contributed by atoms with E-state index in [0.717, 1.165) is 25.7 Å². The highest BCUT2D eigenvalue weighted by Crippen LogP contribution is 2.15. The van der Waals surface area contributed by atoms with Gasteiger partial charge in [-0.15, -0.1) is 0 Å². The zero-order chi connectivity index (χ0) is 11.8. The molecule has 1 aliphatic carbocycles. The predicted octanol–water partition coefficient (Wildman–Crippen LogP) is 2.58. The lowest BCUT2D eigenvalue weighted by molar-refractivity contribution is -0.124. The topological polar surface area (TPSA) is 46.2 Å². The third-order valence-electron chi connectivity index (χ3n) is 3.17. The molecule has 92 valence electrons. The van der Waals surface area contributed by atoms with Crippen LogP contribution >= 0.6 is 0 Å². The highest BCUT2D eigenvalue weighted by atomic mass is 16.1. The monoisotopic (exact) mass is 225 g/mol. The molecule has 1 rings (SSSR count). The van der Waals surface area contributed by atoms with Crippen LogP contribution in [0.15, 0.2) is 0 Å². The van der Waals surface area contributed by atoms with Crippen molar-refractivity contribution in [3.05, 3.63) is 0 Å². The van der Waals surface area contributed by atoms with E-state index in [2.05, 4.69) is 12.2 Å². The van der Waals surface area contributed by atoms with E-state index < -0.39 is 0 Å². The fraction of sp³-hybridized carbons (Fsp3) is 0.846. The second-order valence-electron chi connectivity index (χ2n) is 4.69. The zero-order valence-electron chi connectivity index (χ0n) is 10.3. The summed E-state index contributed by atoms with van der Waals surface area (Å²) in [5.41, 5.74) is 0. The number of rotatable bonds is 6. The highest BCUT2D eigenvalue weighted by molar-refractivity contribution is 5.80. The number of carbonyl (C=O) groups is 2. The molecule has 1 N–H and O–H groups in total. The van der Waals surface area contributed by atoms with Crippen molar-refractivity contribution < 1.29 is 9.59 Å². The van der Waals surface area contributed by atoms with Gasteiger partial charge >= 0.3 is 0 Å². The summed E-state index contributed by atoms with van der Waals surface area (Å²) in [4.78, 5) is 22.6. The average Bonchev–Trinajstić information content (AvgIpc) is 2.28. The summed E-state index contributed by atoms with van der Waals surface area (Å²) in [6, 6.07) is 0.247. The van der Waals surface area contributed by atoms with Crippen LogP contribution in [0.1, 0.15) is 64.7 Å². The van der Waals surface area contributed by atoms with E-state index in [4.69, 9.17) is 0 Å². The molecule has 0 heterocycles. The molecule has 16 heavy (non-hydrogen) atoms. The third kappa shape index (κ3) is 5.29. The Labute approximate surface area is 98.0 Å². The van der Waals surface area contributed by atoms with Gasteiger partial charge in [0.1, 0.15) is 5.78 Å². The Hall–Kier alpha value is -0.860. The number of nitrogens with one attached hydrogen (secondary N) is 1. The number of ketones is 1. The minimum atomic E-state index is 0.162. The fourth-order valence-corrected chi connectivity index (χ4v) is 2.10. The van der Waals surface area contributed by atoms with Crippen LogP contribution in [0.4, 0.5) is 0 Å². The van der Waals surface area contributed by atoms with Crippen LogP contribution in [-0.2, 0) is 9.59 Å². The van der Waals surface area contributed by atoms with Gasteiger partial charge in [0.25, 0.3) is 0 Å². The van der Waals surface area contributed by atoms with E-state index >= 15 is 0 Å². The summed E-state index contributed by atoms with van der Waals surface area (Å²) in [6.07, 6.45) is 8.14. The molecule has 0 bridgehead atoms. The Kier molecular flexibility index (Phi) is 6.12. The number of unbranched alkanes of at least 4 members (excludes halogenated alkanes) is 3. The maximum Gasteiger partial charge on any atom is 0.220 e. The minimum absolute atomic E-state index is 0.162. The first-order valence-corrected chi connectivity index (χ1v) is 6.53. The van der Waals surface area contributed by atoms with Gasteiger partial charge in [0.05, 0.1) is 0 Å². The van der Waals surface area contributed by atoms with Crippen molar-refractivity contribution in [2.45, 2.75) is 70.8 Å². The Morgan fingerprint density at radius 3 is 2.56 bits per heavy atom. The van der Waals surface area contributed by atoms with E-state index in [1.54, 1.807) is 0 Å². The normalized spacial score (nSPS) is 17.4. The Bertz CT molecular complexity index is 228. The molecular formula is C13H23NO2. The van der Waals surface area contributed by atoms with Crippen molar-refractivity contribution in [2.24, 2.45) is 0 Å². The van der Waals surface area contributed by atoms with Crippen LogP contribution in [0, 0.1) is 0 Å². The maximum absolute atomic E-state index is 11.6. The van der Waals surface area contributed by atoms with Gasteiger partial charge in [-0.1, -0.05) is 26.2 Å². The number of amides is 1. The molecule has 3 heteroatoms. The van der Waals surface area contributed by atoms with Crippen LogP contribution in [0.25, 0.3) is 0 Å². The van der Waals surface area contributed by atoms with E-state index in [9.17, 15) is 9.59 Å². The Morgan fingerprint density at radius 2 is 1.94 bits per heavy atom. The molecule has 1 amide bonds. The lowest BCUT2D eigenvalue weighted by Gasteiger charge is -2.22. The summed E-state index contributed by atoms with van der Waals surface area (Å²) in [5.74, 6) is 0.504. The SMILES string of the molecule is CCCCCCC(=O)NC1CCC(=O)CC1. The molecule has 0 aromatic rings. The highest BCUT2D eigenvalue weighted by Gasteiger charge is 2.19. The smallest absolute Gasteiger partial charge is 0.220 e. The van der Waals surface area contributed by atoms with Gasteiger partial charge in [-0.3, -0.25) is 9.59 Å². The molecule has 1 saturated carbocycles.